The Hall–Kier alpha value is -0.640. The molecule has 0 fully saturated rings. The first-order valence-electron chi connectivity index (χ1n) is 5.77. The molecule has 0 saturated carbocycles. The molecule has 0 aliphatic heterocycles. The SMILES string of the molecule is CCC(O)(CC)C(O)Cc1cc(F)ccc1Cl. The third-order valence-electron chi connectivity index (χ3n) is 3.27. The molecule has 4 heteroatoms. The summed E-state index contributed by atoms with van der Waals surface area (Å²) >= 11 is 5.92. The summed E-state index contributed by atoms with van der Waals surface area (Å²) in [7, 11) is 0. The van der Waals surface area contributed by atoms with Gasteiger partial charge in [0, 0.05) is 11.4 Å². The fourth-order valence-corrected chi connectivity index (χ4v) is 2.01. The van der Waals surface area contributed by atoms with Gasteiger partial charge < -0.3 is 10.2 Å². The number of benzene rings is 1. The molecular weight excluding hydrogens is 243 g/mol. The van der Waals surface area contributed by atoms with Gasteiger partial charge >= 0.3 is 0 Å². The first-order chi connectivity index (χ1) is 7.92. The number of hydrogen-bond acceptors (Lipinski definition) is 2. The molecule has 1 aromatic rings. The zero-order chi connectivity index (χ0) is 13.1. The van der Waals surface area contributed by atoms with Gasteiger partial charge in [-0.3, -0.25) is 0 Å². The van der Waals surface area contributed by atoms with E-state index >= 15 is 0 Å². The van der Waals surface area contributed by atoms with Crippen LogP contribution in [0.25, 0.3) is 0 Å². The van der Waals surface area contributed by atoms with Crippen LogP contribution in [0.15, 0.2) is 18.2 Å². The second-order valence-electron chi connectivity index (χ2n) is 4.27. The number of rotatable bonds is 5. The van der Waals surface area contributed by atoms with E-state index < -0.39 is 17.5 Å². The molecule has 0 bridgehead atoms. The molecule has 0 aromatic heterocycles. The van der Waals surface area contributed by atoms with Crippen molar-refractivity contribution >= 4 is 11.6 Å². The number of aliphatic hydroxyl groups is 2. The number of halogens is 2. The van der Waals surface area contributed by atoms with E-state index in [9.17, 15) is 14.6 Å². The van der Waals surface area contributed by atoms with Crippen molar-refractivity contribution in [1.82, 2.24) is 0 Å². The molecule has 0 aliphatic carbocycles. The van der Waals surface area contributed by atoms with Crippen LogP contribution in [0, 0.1) is 5.82 Å². The highest BCUT2D eigenvalue weighted by Gasteiger charge is 2.32. The van der Waals surface area contributed by atoms with Crippen molar-refractivity contribution in [3.05, 3.63) is 34.6 Å². The predicted molar refractivity (Wildman–Crippen MR) is 66.7 cm³/mol. The third-order valence-corrected chi connectivity index (χ3v) is 3.63. The molecule has 1 atom stereocenters. The van der Waals surface area contributed by atoms with Gasteiger partial charge in [0.25, 0.3) is 0 Å². The Morgan fingerprint density at radius 1 is 1.35 bits per heavy atom. The summed E-state index contributed by atoms with van der Waals surface area (Å²) in [5, 5.41) is 20.5. The number of hydrogen-bond donors (Lipinski definition) is 2. The van der Waals surface area contributed by atoms with Crippen LogP contribution in [0.4, 0.5) is 4.39 Å². The molecule has 1 rings (SSSR count). The van der Waals surface area contributed by atoms with Crippen molar-refractivity contribution in [3.8, 4) is 0 Å². The van der Waals surface area contributed by atoms with E-state index in [2.05, 4.69) is 0 Å². The maximum absolute atomic E-state index is 13.1. The molecule has 1 unspecified atom stereocenters. The minimum atomic E-state index is -1.14. The van der Waals surface area contributed by atoms with Gasteiger partial charge in [-0.15, -0.1) is 0 Å². The molecule has 2 N–H and O–H groups in total. The monoisotopic (exact) mass is 260 g/mol. The Morgan fingerprint density at radius 2 is 1.94 bits per heavy atom. The fraction of sp³-hybridized carbons (Fsp3) is 0.538. The Bertz CT molecular complexity index is 378. The second-order valence-corrected chi connectivity index (χ2v) is 4.67. The lowest BCUT2D eigenvalue weighted by Gasteiger charge is -2.31. The maximum Gasteiger partial charge on any atom is 0.123 e. The molecule has 17 heavy (non-hydrogen) atoms. The van der Waals surface area contributed by atoms with Crippen molar-refractivity contribution < 1.29 is 14.6 Å². The van der Waals surface area contributed by atoms with Crippen LogP contribution in [-0.2, 0) is 6.42 Å². The average Bonchev–Trinajstić information content (AvgIpc) is 2.32. The molecule has 0 radical (unpaired) electrons. The Balaban J connectivity index is 2.87. The van der Waals surface area contributed by atoms with Crippen LogP contribution in [0.1, 0.15) is 32.3 Å². The Kier molecular flexibility index (Phi) is 4.92. The molecule has 96 valence electrons. The topological polar surface area (TPSA) is 40.5 Å². The van der Waals surface area contributed by atoms with Crippen molar-refractivity contribution in [2.75, 3.05) is 0 Å². The highest BCUT2D eigenvalue weighted by molar-refractivity contribution is 6.31. The van der Waals surface area contributed by atoms with Gasteiger partial charge in [-0.25, -0.2) is 4.39 Å². The lowest BCUT2D eigenvalue weighted by Crippen LogP contribution is -2.42. The van der Waals surface area contributed by atoms with E-state index in [-0.39, 0.29) is 6.42 Å². The summed E-state index contributed by atoms with van der Waals surface area (Å²) in [6.07, 6.45) is 0.0843. The average molecular weight is 261 g/mol. The summed E-state index contributed by atoms with van der Waals surface area (Å²) in [5.41, 5.74) is -0.630. The lowest BCUT2D eigenvalue weighted by atomic mass is 9.87. The first kappa shape index (κ1) is 14.4. The van der Waals surface area contributed by atoms with Crippen molar-refractivity contribution in [3.63, 3.8) is 0 Å². The molecular formula is C13H18ClFO2. The maximum atomic E-state index is 13.1. The molecule has 0 saturated heterocycles. The fourth-order valence-electron chi connectivity index (χ4n) is 1.82. The molecule has 0 heterocycles. The van der Waals surface area contributed by atoms with Gasteiger partial charge in [0.2, 0.25) is 0 Å². The van der Waals surface area contributed by atoms with Gasteiger partial charge in [0.05, 0.1) is 11.7 Å². The molecule has 2 nitrogen and oxygen atoms in total. The highest BCUT2D eigenvalue weighted by atomic mass is 35.5. The lowest BCUT2D eigenvalue weighted by molar-refractivity contribution is -0.0790. The highest BCUT2D eigenvalue weighted by Crippen LogP contribution is 2.26. The molecule has 0 aliphatic rings. The van der Waals surface area contributed by atoms with Crippen LogP contribution in [0.2, 0.25) is 5.02 Å². The van der Waals surface area contributed by atoms with Gasteiger partial charge in [0.15, 0.2) is 0 Å². The summed E-state index contributed by atoms with van der Waals surface area (Å²) in [6, 6.07) is 4.01. The summed E-state index contributed by atoms with van der Waals surface area (Å²) in [6.45, 7) is 3.61. The normalized spacial score (nSPS) is 13.8. The zero-order valence-electron chi connectivity index (χ0n) is 10.1. The van der Waals surface area contributed by atoms with Crippen molar-refractivity contribution in [1.29, 1.82) is 0 Å². The Labute approximate surface area is 106 Å². The quantitative estimate of drug-likeness (QED) is 0.855. The summed E-state index contributed by atoms with van der Waals surface area (Å²) in [4.78, 5) is 0. The molecule has 1 aromatic carbocycles. The third kappa shape index (κ3) is 3.41. The smallest absolute Gasteiger partial charge is 0.123 e. The minimum Gasteiger partial charge on any atom is -0.390 e. The van der Waals surface area contributed by atoms with Crippen LogP contribution >= 0.6 is 11.6 Å². The zero-order valence-corrected chi connectivity index (χ0v) is 10.8. The number of aliphatic hydroxyl groups excluding tert-OH is 1. The molecule has 0 spiro atoms. The largest absolute Gasteiger partial charge is 0.390 e. The van der Waals surface area contributed by atoms with Gasteiger partial charge in [-0.1, -0.05) is 25.4 Å². The minimum absolute atomic E-state index is 0.148. The van der Waals surface area contributed by atoms with Crippen molar-refractivity contribution in [2.24, 2.45) is 0 Å². The second kappa shape index (κ2) is 5.80. The van der Waals surface area contributed by atoms with Gasteiger partial charge in [-0.2, -0.15) is 0 Å². The van der Waals surface area contributed by atoms with Gasteiger partial charge in [-0.05, 0) is 36.6 Å². The van der Waals surface area contributed by atoms with Crippen LogP contribution < -0.4 is 0 Å². The summed E-state index contributed by atoms with van der Waals surface area (Å²) in [5.74, 6) is -0.395. The van der Waals surface area contributed by atoms with E-state index in [1.807, 2.05) is 0 Å². The first-order valence-corrected chi connectivity index (χ1v) is 6.15. The van der Waals surface area contributed by atoms with E-state index in [1.54, 1.807) is 13.8 Å². The summed E-state index contributed by atoms with van der Waals surface area (Å²) < 4.78 is 13.1. The molecule has 0 amide bonds. The van der Waals surface area contributed by atoms with Crippen LogP contribution in [-0.4, -0.2) is 21.9 Å². The van der Waals surface area contributed by atoms with Crippen LogP contribution in [0.3, 0.4) is 0 Å². The van der Waals surface area contributed by atoms with Crippen LogP contribution in [0.5, 0.6) is 0 Å². The van der Waals surface area contributed by atoms with E-state index in [1.165, 1.54) is 18.2 Å². The predicted octanol–water partition coefficient (Wildman–Crippen LogP) is 2.93. The van der Waals surface area contributed by atoms with E-state index in [4.69, 9.17) is 11.6 Å². The van der Waals surface area contributed by atoms with E-state index in [0.717, 1.165) is 0 Å². The van der Waals surface area contributed by atoms with Gasteiger partial charge in [0.1, 0.15) is 5.82 Å². The standard InChI is InChI=1S/C13H18ClFO2/c1-3-13(17,4-2)12(16)8-9-7-10(15)5-6-11(9)14/h5-7,12,16-17H,3-4,8H2,1-2H3. The Morgan fingerprint density at radius 3 is 2.47 bits per heavy atom. The van der Waals surface area contributed by atoms with E-state index in [0.29, 0.717) is 23.4 Å². The van der Waals surface area contributed by atoms with Crippen molar-refractivity contribution in [2.45, 2.75) is 44.8 Å².